The summed E-state index contributed by atoms with van der Waals surface area (Å²) < 4.78 is 23.6. The molecule has 4 nitrogen and oxygen atoms in total. The fraction of sp³-hybridized carbons (Fsp3) is 0.278. The largest absolute Gasteiger partial charge is 0.343 e. The van der Waals surface area contributed by atoms with Gasteiger partial charge in [-0.25, -0.2) is 8.42 Å². The molecule has 132 valence electrons. The minimum absolute atomic E-state index is 0.0454. The topological polar surface area (TPSA) is 63.2 Å². The Kier molecular flexibility index (Phi) is 4.84. The van der Waals surface area contributed by atoms with E-state index in [2.05, 4.69) is 5.32 Å². The molecule has 1 fully saturated rings. The summed E-state index contributed by atoms with van der Waals surface area (Å²) in [7, 11) is -3.51. The molecule has 3 rings (SSSR count). The number of hydrogen-bond acceptors (Lipinski definition) is 3. The van der Waals surface area contributed by atoms with Gasteiger partial charge in [0.15, 0.2) is 9.84 Å². The minimum Gasteiger partial charge on any atom is -0.343 e. The third-order valence-corrected chi connectivity index (χ3v) is 6.38. The van der Waals surface area contributed by atoms with Gasteiger partial charge in [-0.3, -0.25) is 4.79 Å². The fourth-order valence-electron chi connectivity index (χ4n) is 3.00. The molecule has 0 atom stereocenters. The van der Waals surface area contributed by atoms with Gasteiger partial charge in [-0.15, -0.1) is 0 Å². The van der Waals surface area contributed by atoms with Gasteiger partial charge in [-0.2, -0.15) is 0 Å². The number of halogens is 2. The number of hydrogen-bond donors (Lipinski definition) is 1. The summed E-state index contributed by atoms with van der Waals surface area (Å²) in [5.41, 5.74) is 0.825. The highest BCUT2D eigenvalue weighted by Gasteiger charge is 2.40. The van der Waals surface area contributed by atoms with E-state index in [-0.39, 0.29) is 21.4 Å². The van der Waals surface area contributed by atoms with E-state index in [1.807, 2.05) is 12.1 Å². The van der Waals surface area contributed by atoms with Gasteiger partial charge >= 0.3 is 0 Å². The van der Waals surface area contributed by atoms with Crippen molar-refractivity contribution >= 4 is 38.9 Å². The number of nitrogens with one attached hydrogen (secondary N) is 1. The number of carbonyl (C=O) groups excluding carboxylic acids is 1. The van der Waals surface area contributed by atoms with Crippen molar-refractivity contribution in [2.45, 2.75) is 29.7 Å². The predicted molar refractivity (Wildman–Crippen MR) is 99.0 cm³/mol. The van der Waals surface area contributed by atoms with Crippen molar-refractivity contribution in [3.05, 3.63) is 63.6 Å². The average molecular weight is 398 g/mol. The van der Waals surface area contributed by atoms with Crippen LogP contribution in [-0.4, -0.2) is 20.6 Å². The van der Waals surface area contributed by atoms with Crippen LogP contribution in [0.4, 0.5) is 0 Å². The molecule has 1 saturated carbocycles. The lowest BCUT2D eigenvalue weighted by atomic mass is 9.71. The van der Waals surface area contributed by atoms with E-state index < -0.39 is 15.4 Å². The van der Waals surface area contributed by atoms with Crippen LogP contribution < -0.4 is 5.32 Å². The summed E-state index contributed by atoms with van der Waals surface area (Å²) in [6, 6.07) is 11.7. The normalized spacial score (nSPS) is 16.1. The van der Waals surface area contributed by atoms with Gasteiger partial charge in [-0.1, -0.05) is 35.3 Å². The standard InChI is InChI=1S/C18H17Cl2NO3S/c1-25(23,24)16-11-12(3-8-15(16)20)17(22)21-18(9-2-10-18)13-4-6-14(19)7-5-13/h3-8,11H,2,9-10H2,1H3,(H,21,22). The van der Waals surface area contributed by atoms with Crippen LogP contribution in [0.25, 0.3) is 0 Å². The first kappa shape index (κ1) is 18.2. The first-order valence-corrected chi connectivity index (χ1v) is 10.4. The first-order valence-electron chi connectivity index (χ1n) is 7.79. The van der Waals surface area contributed by atoms with Gasteiger partial charge in [0.05, 0.1) is 15.5 Å². The fourth-order valence-corrected chi connectivity index (χ4v) is 4.43. The van der Waals surface area contributed by atoms with E-state index in [4.69, 9.17) is 23.2 Å². The summed E-state index contributed by atoms with van der Waals surface area (Å²) in [5, 5.41) is 3.81. The van der Waals surface area contributed by atoms with Gasteiger partial charge in [0.1, 0.15) is 0 Å². The Hall–Kier alpha value is -1.56. The lowest BCUT2D eigenvalue weighted by Crippen LogP contribution is -2.50. The van der Waals surface area contributed by atoms with Gasteiger partial charge in [0.2, 0.25) is 0 Å². The molecule has 2 aromatic carbocycles. The third-order valence-electron chi connectivity index (χ3n) is 4.55. The highest BCUT2D eigenvalue weighted by Crippen LogP contribution is 2.41. The van der Waals surface area contributed by atoms with E-state index >= 15 is 0 Å². The van der Waals surface area contributed by atoms with Crippen molar-refractivity contribution in [1.29, 1.82) is 0 Å². The van der Waals surface area contributed by atoms with Crippen LogP contribution >= 0.6 is 23.2 Å². The molecule has 25 heavy (non-hydrogen) atoms. The molecule has 0 bridgehead atoms. The molecule has 0 saturated heterocycles. The minimum atomic E-state index is -3.51. The van der Waals surface area contributed by atoms with Crippen molar-refractivity contribution in [2.75, 3.05) is 6.26 Å². The quantitative estimate of drug-likeness (QED) is 0.840. The summed E-state index contributed by atoms with van der Waals surface area (Å²) >= 11 is 11.9. The molecular formula is C18H17Cl2NO3S. The van der Waals surface area contributed by atoms with Crippen molar-refractivity contribution in [2.24, 2.45) is 0 Å². The number of rotatable bonds is 4. The summed E-state index contributed by atoms with van der Waals surface area (Å²) in [6.45, 7) is 0. The number of carbonyl (C=O) groups is 1. The molecule has 2 aromatic rings. The Morgan fingerprint density at radius 3 is 2.24 bits per heavy atom. The molecule has 1 N–H and O–H groups in total. The Morgan fingerprint density at radius 2 is 1.72 bits per heavy atom. The summed E-state index contributed by atoms with van der Waals surface area (Å²) in [4.78, 5) is 12.7. The first-order chi connectivity index (χ1) is 11.7. The third kappa shape index (κ3) is 3.68. The van der Waals surface area contributed by atoms with Gasteiger partial charge < -0.3 is 5.32 Å². The zero-order valence-corrected chi connectivity index (χ0v) is 15.9. The van der Waals surface area contributed by atoms with Crippen molar-refractivity contribution in [3.63, 3.8) is 0 Å². The monoisotopic (exact) mass is 397 g/mol. The van der Waals surface area contributed by atoms with Crippen LogP contribution in [0, 0.1) is 0 Å². The molecule has 1 aliphatic carbocycles. The lowest BCUT2D eigenvalue weighted by molar-refractivity contribution is 0.0823. The van der Waals surface area contributed by atoms with Gasteiger partial charge in [0, 0.05) is 16.8 Å². The van der Waals surface area contributed by atoms with E-state index in [1.165, 1.54) is 18.2 Å². The second kappa shape index (κ2) is 6.63. The van der Waals surface area contributed by atoms with Crippen LogP contribution in [0.1, 0.15) is 35.2 Å². The Balaban J connectivity index is 1.90. The molecule has 0 aromatic heterocycles. The maximum atomic E-state index is 12.7. The molecule has 0 aliphatic heterocycles. The van der Waals surface area contributed by atoms with Crippen LogP contribution in [0.2, 0.25) is 10.0 Å². The summed E-state index contributed by atoms with van der Waals surface area (Å²) in [5.74, 6) is -0.323. The Labute approximate surface area is 157 Å². The van der Waals surface area contributed by atoms with Crippen molar-refractivity contribution < 1.29 is 13.2 Å². The molecule has 1 aliphatic rings. The molecule has 0 spiro atoms. The smallest absolute Gasteiger partial charge is 0.252 e. The zero-order chi connectivity index (χ0) is 18.2. The van der Waals surface area contributed by atoms with Crippen molar-refractivity contribution in [3.8, 4) is 0 Å². The molecule has 7 heteroatoms. The molecule has 0 radical (unpaired) electrons. The van der Waals surface area contributed by atoms with E-state index in [0.717, 1.165) is 31.1 Å². The van der Waals surface area contributed by atoms with Crippen LogP contribution in [0.3, 0.4) is 0 Å². The number of sulfone groups is 1. The Bertz CT molecular complexity index is 920. The van der Waals surface area contributed by atoms with Gasteiger partial charge in [-0.05, 0) is 55.2 Å². The van der Waals surface area contributed by atoms with Crippen LogP contribution in [0.15, 0.2) is 47.4 Å². The zero-order valence-electron chi connectivity index (χ0n) is 13.6. The molecular weight excluding hydrogens is 381 g/mol. The van der Waals surface area contributed by atoms with Gasteiger partial charge in [0.25, 0.3) is 5.91 Å². The van der Waals surface area contributed by atoms with E-state index in [9.17, 15) is 13.2 Å². The summed E-state index contributed by atoms with van der Waals surface area (Å²) in [6.07, 6.45) is 3.73. The van der Waals surface area contributed by atoms with Crippen LogP contribution in [0.5, 0.6) is 0 Å². The van der Waals surface area contributed by atoms with Crippen molar-refractivity contribution in [1.82, 2.24) is 5.32 Å². The number of amides is 1. The molecule has 1 amide bonds. The van der Waals surface area contributed by atoms with E-state index in [1.54, 1.807) is 12.1 Å². The maximum Gasteiger partial charge on any atom is 0.252 e. The SMILES string of the molecule is CS(=O)(=O)c1cc(C(=O)NC2(c3ccc(Cl)cc3)CCC2)ccc1Cl. The highest BCUT2D eigenvalue weighted by atomic mass is 35.5. The predicted octanol–water partition coefficient (Wildman–Crippen LogP) is 4.21. The van der Waals surface area contributed by atoms with Crippen LogP contribution in [-0.2, 0) is 15.4 Å². The second-order valence-corrected chi connectivity index (χ2v) is 9.14. The Morgan fingerprint density at radius 1 is 1.08 bits per heavy atom. The molecule has 0 heterocycles. The second-order valence-electron chi connectivity index (χ2n) is 6.31. The highest BCUT2D eigenvalue weighted by molar-refractivity contribution is 7.90. The lowest BCUT2D eigenvalue weighted by Gasteiger charge is -2.43. The maximum absolute atomic E-state index is 12.7. The average Bonchev–Trinajstić information content (AvgIpc) is 2.51. The molecule has 0 unspecified atom stereocenters. The van der Waals surface area contributed by atoms with E-state index in [0.29, 0.717) is 5.02 Å². The number of benzene rings is 2.